The second kappa shape index (κ2) is 8.92. The lowest BCUT2D eigenvalue weighted by Gasteiger charge is -2.38. The van der Waals surface area contributed by atoms with E-state index in [2.05, 4.69) is 58.7 Å². The lowest BCUT2D eigenvalue weighted by molar-refractivity contribution is 0.133. The lowest BCUT2D eigenvalue weighted by Crippen LogP contribution is -2.47. The number of hydrogen-bond acceptors (Lipinski definition) is 2. The third kappa shape index (κ3) is 6.75. The molecule has 0 amide bonds. The number of hydrogen-bond donors (Lipinski definition) is 1. The summed E-state index contributed by atoms with van der Waals surface area (Å²) in [5, 5.41) is 3.64. The van der Waals surface area contributed by atoms with Crippen LogP contribution in [0.3, 0.4) is 0 Å². The van der Waals surface area contributed by atoms with Crippen LogP contribution in [-0.2, 0) is 0 Å². The molecule has 0 radical (unpaired) electrons. The van der Waals surface area contributed by atoms with Gasteiger partial charge in [-0.2, -0.15) is 0 Å². The van der Waals surface area contributed by atoms with Crippen molar-refractivity contribution in [3.63, 3.8) is 0 Å². The highest BCUT2D eigenvalue weighted by atomic mass is 15.1. The highest BCUT2D eigenvalue weighted by molar-refractivity contribution is 4.84. The minimum Gasteiger partial charge on any atom is -0.314 e. The van der Waals surface area contributed by atoms with Crippen LogP contribution in [-0.4, -0.2) is 37.1 Å². The van der Waals surface area contributed by atoms with Crippen molar-refractivity contribution in [3.05, 3.63) is 0 Å². The van der Waals surface area contributed by atoms with Crippen LogP contribution in [0.1, 0.15) is 61.3 Å². The monoisotopic (exact) mass is 256 g/mol. The van der Waals surface area contributed by atoms with Crippen molar-refractivity contribution >= 4 is 0 Å². The minimum atomic E-state index is 0.332. The molecule has 110 valence electrons. The predicted octanol–water partition coefficient (Wildman–Crippen LogP) is 3.77. The minimum absolute atomic E-state index is 0.332. The molecule has 0 fully saturated rings. The maximum absolute atomic E-state index is 3.64. The average Bonchev–Trinajstić information content (AvgIpc) is 2.34. The molecule has 0 aromatic rings. The summed E-state index contributed by atoms with van der Waals surface area (Å²) in [4.78, 5) is 2.61. The van der Waals surface area contributed by atoms with Crippen LogP contribution in [0, 0.1) is 11.3 Å². The van der Waals surface area contributed by atoms with E-state index in [0.29, 0.717) is 11.5 Å². The van der Waals surface area contributed by atoms with Crippen molar-refractivity contribution in [3.8, 4) is 0 Å². The first kappa shape index (κ1) is 17.9. The summed E-state index contributed by atoms with van der Waals surface area (Å²) in [7, 11) is 0. The van der Waals surface area contributed by atoms with Crippen LogP contribution in [0.4, 0.5) is 0 Å². The van der Waals surface area contributed by atoms with Gasteiger partial charge in [0.05, 0.1) is 0 Å². The molecule has 0 aromatic carbocycles. The maximum Gasteiger partial charge on any atom is 0.0102 e. The first-order valence-electron chi connectivity index (χ1n) is 7.83. The number of nitrogens with one attached hydrogen (secondary N) is 1. The molecule has 0 saturated heterocycles. The quantitative estimate of drug-likeness (QED) is 0.640. The van der Waals surface area contributed by atoms with Crippen molar-refractivity contribution in [1.29, 1.82) is 0 Å². The zero-order valence-corrected chi connectivity index (χ0v) is 13.8. The molecule has 0 aromatic heterocycles. The molecule has 1 N–H and O–H groups in total. The molecule has 2 nitrogen and oxygen atoms in total. The van der Waals surface area contributed by atoms with Crippen LogP contribution < -0.4 is 5.32 Å². The Morgan fingerprint density at radius 1 is 1.11 bits per heavy atom. The van der Waals surface area contributed by atoms with E-state index in [4.69, 9.17) is 0 Å². The van der Waals surface area contributed by atoms with Gasteiger partial charge in [-0.15, -0.1) is 0 Å². The Morgan fingerprint density at radius 3 is 2.17 bits per heavy atom. The van der Waals surface area contributed by atoms with E-state index in [1.165, 1.54) is 25.9 Å². The van der Waals surface area contributed by atoms with Crippen LogP contribution in [0.5, 0.6) is 0 Å². The van der Waals surface area contributed by atoms with E-state index in [-0.39, 0.29) is 0 Å². The summed E-state index contributed by atoms with van der Waals surface area (Å²) in [6.07, 6.45) is 2.49. The second-order valence-corrected chi connectivity index (χ2v) is 6.51. The second-order valence-electron chi connectivity index (χ2n) is 6.51. The summed E-state index contributed by atoms with van der Waals surface area (Å²) in [5.41, 5.74) is 0.332. The van der Waals surface area contributed by atoms with Crippen LogP contribution in [0.2, 0.25) is 0 Å². The SMILES string of the molecule is CCCNC(C)C(C)(C)CN(CC)CC(C)CC. The average molecular weight is 256 g/mol. The fourth-order valence-corrected chi connectivity index (χ4v) is 2.23. The fraction of sp³-hybridized carbons (Fsp3) is 1.00. The molecular formula is C16H36N2. The summed E-state index contributed by atoms with van der Waals surface area (Å²) >= 11 is 0. The summed E-state index contributed by atoms with van der Waals surface area (Å²) in [6, 6.07) is 0.573. The van der Waals surface area contributed by atoms with E-state index in [9.17, 15) is 0 Å². The molecule has 0 aliphatic rings. The standard InChI is InChI=1S/C16H36N2/c1-8-11-17-15(5)16(6,7)13-18(10-3)12-14(4)9-2/h14-15,17H,8-13H2,1-7H3. The van der Waals surface area contributed by atoms with Crippen LogP contribution in [0.15, 0.2) is 0 Å². The molecule has 0 heterocycles. The number of rotatable bonds is 10. The van der Waals surface area contributed by atoms with Gasteiger partial charge in [-0.1, -0.05) is 48.0 Å². The normalized spacial score (nSPS) is 16.0. The Morgan fingerprint density at radius 2 is 1.72 bits per heavy atom. The Labute approximate surface area is 116 Å². The summed E-state index contributed by atoms with van der Waals surface area (Å²) < 4.78 is 0. The molecule has 0 bridgehead atoms. The van der Waals surface area contributed by atoms with E-state index in [1.54, 1.807) is 0 Å². The third-order valence-electron chi connectivity index (χ3n) is 4.22. The zero-order chi connectivity index (χ0) is 14.2. The molecule has 18 heavy (non-hydrogen) atoms. The number of nitrogens with zero attached hydrogens (tertiary/aromatic N) is 1. The molecular weight excluding hydrogens is 220 g/mol. The van der Waals surface area contributed by atoms with Gasteiger partial charge in [-0.3, -0.25) is 0 Å². The van der Waals surface area contributed by atoms with E-state index in [1.807, 2.05) is 0 Å². The molecule has 2 heteroatoms. The van der Waals surface area contributed by atoms with Crippen LogP contribution >= 0.6 is 0 Å². The molecule has 0 aliphatic heterocycles. The Balaban J connectivity index is 4.32. The fourth-order valence-electron chi connectivity index (χ4n) is 2.23. The predicted molar refractivity (Wildman–Crippen MR) is 83.1 cm³/mol. The van der Waals surface area contributed by atoms with Gasteiger partial charge in [-0.05, 0) is 37.8 Å². The molecule has 0 aliphatic carbocycles. The Hall–Kier alpha value is -0.0800. The molecule has 2 atom stereocenters. The maximum atomic E-state index is 3.64. The van der Waals surface area contributed by atoms with Crippen molar-refractivity contribution in [1.82, 2.24) is 10.2 Å². The lowest BCUT2D eigenvalue weighted by atomic mass is 9.84. The van der Waals surface area contributed by atoms with Crippen molar-refractivity contribution < 1.29 is 0 Å². The first-order valence-corrected chi connectivity index (χ1v) is 7.83. The molecule has 0 rings (SSSR count). The van der Waals surface area contributed by atoms with Crippen molar-refractivity contribution in [2.24, 2.45) is 11.3 Å². The molecule has 0 saturated carbocycles. The third-order valence-corrected chi connectivity index (χ3v) is 4.22. The Kier molecular flexibility index (Phi) is 8.89. The van der Waals surface area contributed by atoms with E-state index < -0.39 is 0 Å². The smallest absolute Gasteiger partial charge is 0.0102 e. The van der Waals surface area contributed by atoms with Gasteiger partial charge < -0.3 is 10.2 Å². The van der Waals surface area contributed by atoms with Gasteiger partial charge in [0.25, 0.3) is 0 Å². The largest absolute Gasteiger partial charge is 0.314 e. The van der Waals surface area contributed by atoms with Crippen molar-refractivity contribution in [2.45, 2.75) is 67.3 Å². The molecule has 0 spiro atoms. The van der Waals surface area contributed by atoms with Gasteiger partial charge in [0.2, 0.25) is 0 Å². The van der Waals surface area contributed by atoms with Gasteiger partial charge in [0.1, 0.15) is 0 Å². The summed E-state index contributed by atoms with van der Waals surface area (Å²) in [5.74, 6) is 0.805. The topological polar surface area (TPSA) is 15.3 Å². The van der Waals surface area contributed by atoms with Gasteiger partial charge in [-0.25, -0.2) is 0 Å². The van der Waals surface area contributed by atoms with Crippen molar-refractivity contribution in [2.75, 3.05) is 26.2 Å². The summed E-state index contributed by atoms with van der Waals surface area (Å²) in [6.45, 7) is 21.0. The Bertz CT molecular complexity index is 201. The van der Waals surface area contributed by atoms with Gasteiger partial charge in [0, 0.05) is 19.1 Å². The van der Waals surface area contributed by atoms with Crippen LogP contribution in [0.25, 0.3) is 0 Å². The van der Waals surface area contributed by atoms with E-state index >= 15 is 0 Å². The first-order chi connectivity index (χ1) is 8.37. The highest BCUT2D eigenvalue weighted by Gasteiger charge is 2.27. The van der Waals surface area contributed by atoms with Gasteiger partial charge in [0.15, 0.2) is 0 Å². The molecule has 2 unspecified atom stereocenters. The zero-order valence-electron chi connectivity index (χ0n) is 13.8. The highest BCUT2D eigenvalue weighted by Crippen LogP contribution is 2.23. The van der Waals surface area contributed by atoms with E-state index in [0.717, 1.165) is 19.0 Å². The van der Waals surface area contributed by atoms with Gasteiger partial charge >= 0.3 is 0 Å².